The third kappa shape index (κ3) is 3.50. The highest BCUT2D eigenvalue weighted by Gasteiger charge is 2.38. The molecule has 3 rings (SSSR count). The zero-order valence-electron chi connectivity index (χ0n) is 12.7. The zero-order valence-corrected chi connectivity index (χ0v) is 14.2. The van der Waals surface area contributed by atoms with Crippen molar-refractivity contribution in [2.75, 3.05) is 13.1 Å². The second-order valence-electron chi connectivity index (χ2n) is 5.93. The topological polar surface area (TPSA) is 39.9 Å². The van der Waals surface area contributed by atoms with Crippen LogP contribution in [-0.4, -0.2) is 23.0 Å². The SMILES string of the molecule is N#CC1(c2ccc(Cl)nc2Cl)CCN(Cc2ccccc2)CC1. The van der Waals surface area contributed by atoms with E-state index >= 15 is 0 Å². The Hall–Kier alpha value is -1.60. The molecular formula is C18H17Cl2N3. The molecular weight excluding hydrogens is 329 g/mol. The lowest BCUT2D eigenvalue weighted by molar-refractivity contribution is 0.179. The molecule has 1 saturated heterocycles. The largest absolute Gasteiger partial charge is 0.299 e. The molecule has 0 bridgehead atoms. The summed E-state index contributed by atoms with van der Waals surface area (Å²) in [6.45, 7) is 2.64. The van der Waals surface area contributed by atoms with Gasteiger partial charge in [0.05, 0.1) is 11.5 Å². The fraction of sp³-hybridized carbons (Fsp3) is 0.333. The molecule has 3 nitrogen and oxygen atoms in total. The number of likely N-dealkylation sites (tertiary alicyclic amines) is 1. The third-order valence-corrected chi connectivity index (χ3v) is 5.00. The van der Waals surface area contributed by atoms with Gasteiger partial charge in [0.2, 0.25) is 0 Å². The van der Waals surface area contributed by atoms with Crippen LogP contribution in [0.15, 0.2) is 42.5 Å². The molecule has 0 amide bonds. The highest BCUT2D eigenvalue weighted by Crippen LogP contribution is 2.38. The monoisotopic (exact) mass is 345 g/mol. The third-order valence-electron chi connectivity index (χ3n) is 4.50. The number of pyridine rings is 1. The van der Waals surface area contributed by atoms with Crippen molar-refractivity contribution in [3.05, 3.63) is 63.9 Å². The van der Waals surface area contributed by atoms with Crippen molar-refractivity contribution >= 4 is 23.2 Å². The Morgan fingerprint density at radius 1 is 1.09 bits per heavy atom. The second-order valence-corrected chi connectivity index (χ2v) is 6.67. The Morgan fingerprint density at radius 3 is 2.39 bits per heavy atom. The molecule has 0 N–H and O–H groups in total. The Morgan fingerprint density at radius 2 is 1.78 bits per heavy atom. The molecule has 0 saturated carbocycles. The molecule has 1 aliphatic heterocycles. The molecule has 1 aromatic heterocycles. The summed E-state index contributed by atoms with van der Waals surface area (Å²) in [6, 6.07) is 16.4. The standard InChI is InChI=1S/C18H17Cl2N3/c19-16-7-6-15(17(20)22-16)18(13-21)8-10-23(11-9-18)12-14-4-2-1-3-5-14/h1-7H,8-12H2. The number of hydrogen-bond donors (Lipinski definition) is 0. The van der Waals surface area contributed by atoms with Gasteiger partial charge in [-0.05, 0) is 24.5 Å². The number of halogens is 2. The molecule has 1 aromatic carbocycles. The van der Waals surface area contributed by atoms with Crippen molar-refractivity contribution in [1.29, 1.82) is 5.26 Å². The van der Waals surface area contributed by atoms with E-state index in [0.29, 0.717) is 10.3 Å². The Bertz CT molecular complexity index is 717. The fourth-order valence-corrected chi connectivity index (χ4v) is 3.67. The van der Waals surface area contributed by atoms with Gasteiger partial charge in [0.15, 0.2) is 0 Å². The lowest BCUT2D eigenvalue weighted by Crippen LogP contribution is -2.41. The number of nitriles is 1. The van der Waals surface area contributed by atoms with Gasteiger partial charge in [0.1, 0.15) is 10.3 Å². The maximum Gasteiger partial charge on any atom is 0.135 e. The summed E-state index contributed by atoms with van der Waals surface area (Å²) in [5, 5.41) is 10.5. The van der Waals surface area contributed by atoms with E-state index < -0.39 is 5.41 Å². The number of aromatic nitrogens is 1. The molecule has 0 unspecified atom stereocenters. The van der Waals surface area contributed by atoms with Crippen molar-refractivity contribution in [3.8, 4) is 6.07 Å². The average molecular weight is 346 g/mol. The molecule has 2 heterocycles. The fourth-order valence-electron chi connectivity index (χ4n) is 3.14. The zero-order chi connectivity index (χ0) is 16.3. The highest BCUT2D eigenvalue weighted by molar-refractivity contribution is 6.33. The predicted molar refractivity (Wildman–Crippen MR) is 92.5 cm³/mol. The molecule has 0 aliphatic carbocycles. The molecule has 118 valence electrons. The Balaban J connectivity index is 1.74. The number of nitrogens with zero attached hydrogens (tertiary/aromatic N) is 3. The van der Waals surface area contributed by atoms with E-state index in [4.69, 9.17) is 23.2 Å². The predicted octanol–water partition coefficient (Wildman–Crippen LogP) is 4.45. The summed E-state index contributed by atoms with van der Waals surface area (Å²) in [6.07, 6.45) is 1.50. The minimum atomic E-state index is -0.568. The molecule has 1 aliphatic rings. The van der Waals surface area contributed by atoms with Crippen LogP contribution in [-0.2, 0) is 12.0 Å². The van der Waals surface area contributed by atoms with Gasteiger partial charge in [-0.25, -0.2) is 4.98 Å². The van der Waals surface area contributed by atoms with Gasteiger partial charge < -0.3 is 0 Å². The van der Waals surface area contributed by atoms with Gasteiger partial charge in [-0.3, -0.25) is 4.90 Å². The van der Waals surface area contributed by atoms with Crippen molar-refractivity contribution in [1.82, 2.24) is 9.88 Å². The van der Waals surface area contributed by atoms with E-state index in [0.717, 1.165) is 38.0 Å². The molecule has 0 spiro atoms. The first-order chi connectivity index (χ1) is 11.1. The van der Waals surface area contributed by atoms with Crippen LogP contribution in [0.4, 0.5) is 0 Å². The first-order valence-corrected chi connectivity index (χ1v) is 8.39. The van der Waals surface area contributed by atoms with E-state index in [-0.39, 0.29) is 0 Å². The van der Waals surface area contributed by atoms with Crippen molar-refractivity contribution in [2.45, 2.75) is 24.8 Å². The van der Waals surface area contributed by atoms with Crippen molar-refractivity contribution in [3.63, 3.8) is 0 Å². The molecule has 1 fully saturated rings. The molecule has 2 aromatic rings. The lowest BCUT2D eigenvalue weighted by atomic mass is 9.74. The summed E-state index contributed by atoms with van der Waals surface area (Å²) >= 11 is 12.1. The van der Waals surface area contributed by atoms with Gasteiger partial charge in [0, 0.05) is 25.2 Å². The van der Waals surface area contributed by atoms with Gasteiger partial charge in [0.25, 0.3) is 0 Å². The maximum atomic E-state index is 9.78. The van der Waals surface area contributed by atoms with E-state index in [2.05, 4.69) is 40.2 Å². The Kier molecular flexibility index (Phi) is 4.87. The van der Waals surface area contributed by atoms with E-state index in [1.54, 1.807) is 6.07 Å². The highest BCUT2D eigenvalue weighted by atomic mass is 35.5. The maximum absolute atomic E-state index is 9.78. The van der Waals surface area contributed by atoms with Gasteiger partial charge in [-0.2, -0.15) is 5.26 Å². The summed E-state index contributed by atoms with van der Waals surface area (Å²) in [7, 11) is 0. The van der Waals surface area contributed by atoms with Crippen LogP contribution in [0.3, 0.4) is 0 Å². The Labute approximate surface area is 146 Å². The van der Waals surface area contributed by atoms with Crippen LogP contribution >= 0.6 is 23.2 Å². The first kappa shape index (κ1) is 16.3. The number of piperidine rings is 1. The number of hydrogen-bond acceptors (Lipinski definition) is 3. The van der Waals surface area contributed by atoms with Gasteiger partial charge in [-0.1, -0.05) is 59.6 Å². The summed E-state index contributed by atoms with van der Waals surface area (Å²) < 4.78 is 0. The van der Waals surface area contributed by atoms with Gasteiger partial charge >= 0.3 is 0 Å². The molecule has 23 heavy (non-hydrogen) atoms. The summed E-state index contributed by atoms with van der Waals surface area (Å²) in [5.41, 5.74) is 1.52. The van der Waals surface area contributed by atoms with E-state index in [1.807, 2.05) is 12.1 Å². The van der Waals surface area contributed by atoms with Crippen LogP contribution < -0.4 is 0 Å². The van der Waals surface area contributed by atoms with Crippen LogP contribution in [0.2, 0.25) is 10.3 Å². The average Bonchev–Trinajstić information content (AvgIpc) is 2.57. The van der Waals surface area contributed by atoms with Crippen LogP contribution in [0.1, 0.15) is 24.0 Å². The second kappa shape index (κ2) is 6.88. The summed E-state index contributed by atoms with van der Waals surface area (Å²) in [4.78, 5) is 6.47. The number of benzene rings is 1. The van der Waals surface area contributed by atoms with Gasteiger partial charge in [-0.15, -0.1) is 0 Å². The van der Waals surface area contributed by atoms with Crippen LogP contribution in [0.5, 0.6) is 0 Å². The van der Waals surface area contributed by atoms with Crippen LogP contribution in [0.25, 0.3) is 0 Å². The van der Waals surface area contributed by atoms with Crippen molar-refractivity contribution in [2.24, 2.45) is 0 Å². The van der Waals surface area contributed by atoms with Crippen molar-refractivity contribution < 1.29 is 0 Å². The quantitative estimate of drug-likeness (QED) is 0.771. The minimum Gasteiger partial charge on any atom is -0.299 e. The molecule has 5 heteroatoms. The summed E-state index contributed by atoms with van der Waals surface area (Å²) in [5.74, 6) is 0. The minimum absolute atomic E-state index is 0.343. The normalized spacial score (nSPS) is 17.6. The van der Waals surface area contributed by atoms with Crippen LogP contribution in [0, 0.1) is 11.3 Å². The molecule has 0 radical (unpaired) electrons. The lowest BCUT2D eigenvalue weighted by Gasteiger charge is -2.37. The smallest absolute Gasteiger partial charge is 0.135 e. The van der Waals surface area contributed by atoms with E-state index in [1.165, 1.54) is 5.56 Å². The molecule has 0 atom stereocenters. The van der Waals surface area contributed by atoms with E-state index in [9.17, 15) is 5.26 Å². The first-order valence-electron chi connectivity index (χ1n) is 7.63. The number of rotatable bonds is 3.